The van der Waals surface area contributed by atoms with Crippen molar-refractivity contribution < 1.29 is 12.4 Å². The van der Waals surface area contributed by atoms with Crippen LogP contribution in [0, 0.1) is 0 Å². The topological polar surface area (TPSA) is 0 Å². The quantitative estimate of drug-likeness (QED) is 0.420. The largest absolute Gasteiger partial charge is 1.00 e. The average molecular weight is 362 g/mol. The second-order valence-electron chi connectivity index (χ2n) is 7.41. The van der Waals surface area contributed by atoms with E-state index in [9.17, 15) is 0 Å². The molecule has 2 aromatic rings. The van der Waals surface area contributed by atoms with E-state index in [1.807, 2.05) is 0 Å². The molecule has 0 spiro atoms. The first-order valence-electron chi connectivity index (χ1n) is 10.0. The highest BCUT2D eigenvalue weighted by molar-refractivity contribution is 5.93. The molecule has 0 aliphatic carbocycles. The van der Waals surface area contributed by atoms with Crippen LogP contribution in [-0.4, -0.2) is 20.1 Å². The summed E-state index contributed by atoms with van der Waals surface area (Å²) in [7, 11) is 2.41. The molecule has 0 saturated carbocycles. The Morgan fingerprint density at radius 1 is 0.720 bits per heavy atom. The summed E-state index contributed by atoms with van der Waals surface area (Å²) in [6.07, 6.45) is 11.1. The molecule has 0 bridgehead atoms. The number of fused-ring (bicyclic) bond motifs is 1. The number of hydrogen-bond donors (Lipinski definition) is 0. The molecule has 140 valence electrons. The molecule has 1 nitrogen and oxygen atoms in total. The fourth-order valence-corrected chi connectivity index (χ4v) is 3.72. The van der Waals surface area contributed by atoms with E-state index in [1.54, 1.807) is 0 Å². The van der Waals surface area contributed by atoms with Crippen LogP contribution >= 0.6 is 0 Å². The minimum Gasteiger partial charge on any atom is -1.00 e. The van der Waals surface area contributed by atoms with Crippen LogP contribution in [0.15, 0.2) is 42.5 Å². The summed E-state index contributed by atoms with van der Waals surface area (Å²) in [6.45, 7) is 7.02. The summed E-state index contributed by atoms with van der Waals surface area (Å²) >= 11 is 0. The minimum absolute atomic E-state index is 0. The number of rotatable bonds is 11. The zero-order valence-electron chi connectivity index (χ0n) is 16.4. The molecule has 0 aliphatic heterocycles. The second kappa shape index (κ2) is 11.5. The molecule has 1 unspecified atom stereocenters. The Morgan fingerprint density at radius 3 is 2.00 bits per heavy atom. The highest BCUT2D eigenvalue weighted by Crippen LogP contribution is 2.31. The van der Waals surface area contributed by atoms with E-state index in [0.717, 1.165) is 11.0 Å². The van der Waals surface area contributed by atoms with E-state index in [1.165, 1.54) is 74.4 Å². The molecule has 0 aliphatic rings. The lowest BCUT2D eigenvalue weighted by Gasteiger charge is -2.34. The molecular formula is C23H36ClN. The maximum atomic E-state index is 2.41. The van der Waals surface area contributed by atoms with E-state index < -0.39 is 0 Å². The number of nitrogens with zero attached hydrogens (tertiary/aromatic N) is 1. The first-order valence-corrected chi connectivity index (χ1v) is 10.0. The number of quaternary nitrogens is 1. The van der Waals surface area contributed by atoms with Gasteiger partial charge in [-0.1, -0.05) is 75.8 Å². The third-order valence-corrected chi connectivity index (χ3v) is 5.55. The van der Waals surface area contributed by atoms with Gasteiger partial charge in [0.2, 0.25) is 0 Å². The number of unbranched alkanes of at least 4 members (excludes halogenated alkanes) is 7. The molecule has 0 fully saturated rings. The van der Waals surface area contributed by atoms with Gasteiger partial charge in [0.05, 0.1) is 20.1 Å². The first-order chi connectivity index (χ1) is 11.7. The third-order valence-electron chi connectivity index (χ3n) is 5.55. The first kappa shape index (κ1) is 22.0. The van der Waals surface area contributed by atoms with Crippen molar-refractivity contribution >= 4 is 16.5 Å². The van der Waals surface area contributed by atoms with Crippen molar-refractivity contribution in [1.82, 2.24) is 4.48 Å². The molecule has 2 aromatic carbocycles. The van der Waals surface area contributed by atoms with Crippen LogP contribution in [0.4, 0.5) is 5.69 Å². The van der Waals surface area contributed by atoms with Crippen molar-refractivity contribution in [3.05, 3.63) is 42.5 Å². The van der Waals surface area contributed by atoms with E-state index in [-0.39, 0.29) is 12.4 Å². The van der Waals surface area contributed by atoms with Crippen LogP contribution in [0.2, 0.25) is 0 Å². The standard InChI is InChI=1S/C23H36N.ClH/c1-4-6-7-8-9-10-11-14-20-24(3,5-2)23-19-15-17-21-16-12-13-18-22(21)23;/h12-13,15-19H,4-11,14,20H2,1-3H3;1H/q+1;/p-1. The molecule has 0 aromatic heterocycles. The van der Waals surface area contributed by atoms with Gasteiger partial charge in [0.25, 0.3) is 0 Å². The number of benzene rings is 2. The van der Waals surface area contributed by atoms with Gasteiger partial charge in [0.1, 0.15) is 5.69 Å². The summed E-state index contributed by atoms with van der Waals surface area (Å²) < 4.78 is 1.05. The van der Waals surface area contributed by atoms with Gasteiger partial charge >= 0.3 is 0 Å². The molecule has 0 saturated heterocycles. The molecule has 2 heteroatoms. The van der Waals surface area contributed by atoms with Crippen LogP contribution in [0.25, 0.3) is 10.8 Å². The summed E-state index contributed by atoms with van der Waals surface area (Å²) in [5.41, 5.74) is 1.48. The Balaban J connectivity index is 0.00000312. The van der Waals surface area contributed by atoms with Gasteiger partial charge in [0.15, 0.2) is 0 Å². The minimum atomic E-state index is 0. The van der Waals surface area contributed by atoms with Gasteiger partial charge in [-0.25, -0.2) is 0 Å². The van der Waals surface area contributed by atoms with Crippen molar-refractivity contribution in [1.29, 1.82) is 0 Å². The Morgan fingerprint density at radius 2 is 1.32 bits per heavy atom. The lowest BCUT2D eigenvalue weighted by atomic mass is 10.0. The van der Waals surface area contributed by atoms with Gasteiger partial charge in [-0.2, -0.15) is 0 Å². The maximum Gasteiger partial charge on any atom is 0.140 e. The highest BCUT2D eigenvalue weighted by atomic mass is 35.5. The highest BCUT2D eigenvalue weighted by Gasteiger charge is 2.24. The van der Waals surface area contributed by atoms with Crippen molar-refractivity contribution in [2.45, 2.75) is 65.2 Å². The number of hydrogen-bond acceptors (Lipinski definition) is 0. The molecule has 0 heterocycles. The van der Waals surface area contributed by atoms with E-state index in [0.29, 0.717) is 0 Å². The van der Waals surface area contributed by atoms with Gasteiger partial charge in [0, 0.05) is 5.39 Å². The summed E-state index contributed by atoms with van der Waals surface area (Å²) in [5, 5.41) is 2.78. The van der Waals surface area contributed by atoms with Crippen molar-refractivity contribution in [2.24, 2.45) is 0 Å². The molecule has 0 N–H and O–H groups in total. The summed E-state index contributed by atoms with van der Waals surface area (Å²) in [5.74, 6) is 0. The normalized spacial score (nSPS) is 13.4. The predicted molar refractivity (Wildman–Crippen MR) is 110 cm³/mol. The average Bonchev–Trinajstić information content (AvgIpc) is 2.63. The van der Waals surface area contributed by atoms with E-state index in [4.69, 9.17) is 0 Å². The maximum absolute atomic E-state index is 2.41. The van der Waals surface area contributed by atoms with Gasteiger partial charge in [-0.3, -0.25) is 4.48 Å². The van der Waals surface area contributed by atoms with Crippen LogP contribution in [0.3, 0.4) is 0 Å². The van der Waals surface area contributed by atoms with Crippen molar-refractivity contribution in [2.75, 3.05) is 20.1 Å². The van der Waals surface area contributed by atoms with Crippen LogP contribution in [-0.2, 0) is 0 Å². The van der Waals surface area contributed by atoms with Gasteiger partial charge in [-0.05, 0) is 37.3 Å². The Kier molecular flexibility index (Phi) is 10.2. The van der Waals surface area contributed by atoms with Gasteiger partial charge in [-0.15, -0.1) is 0 Å². The SMILES string of the molecule is CCCCCCCCCC[N+](C)(CC)c1cccc2ccccc12.[Cl-]. The fourth-order valence-electron chi connectivity index (χ4n) is 3.72. The predicted octanol–water partition coefficient (Wildman–Crippen LogP) is 3.94. The zero-order valence-corrected chi connectivity index (χ0v) is 17.2. The molecule has 0 radical (unpaired) electrons. The molecule has 1 atom stereocenters. The lowest BCUT2D eigenvalue weighted by Crippen LogP contribution is -3.00. The third kappa shape index (κ3) is 6.31. The fraction of sp³-hybridized carbons (Fsp3) is 0.565. The molecule has 25 heavy (non-hydrogen) atoms. The molecule has 0 amide bonds. The molecular weight excluding hydrogens is 326 g/mol. The molecule has 2 rings (SSSR count). The Labute approximate surface area is 161 Å². The zero-order chi connectivity index (χ0) is 17.3. The Bertz CT molecular complexity index is 605. The second-order valence-corrected chi connectivity index (χ2v) is 7.41. The number of halogens is 1. The van der Waals surface area contributed by atoms with Crippen LogP contribution in [0.1, 0.15) is 65.2 Å². The van der Waals surface area contributed by atoms with Crippen LogP contribution < -0.4 is 16.9 Å². The van der Waals surface area contributed by atoms with Gasteiger partial charge < -0.3 is 12.4 Å². The van der Waals surface area contributed by atoms with Crippen molar-refractivity contribution in [3.63, 3.8) is 0 Å². The van der Waals surface area contributed by atoms with E-state index in [2.05, 4.69) is 63.4 Å². The Hall–Kier alpha value is -1.05. The van der Waals surface area contributed by atoms with Crippen molar-refractivity contribution in [3.8, 4) is 0 Å². The van der Waals surface area contributed by atoms with Crippen LogP contribution in [0.5, 0.6) is 0 Å². The summed E-state index contributed by atoms with van der Waals surface area (Å²) in [4.78, 5) is 0. The summed E-state index contributed by atoms with van der Waals surface area (Å²) in [6, 6.07) is 15.6. The monoisotopic (exact) mass is 361 g/mol. The lowest BCUT2D eigenvalue weighted by molar-refractivity contribution is -0.00000514. The van der Waals surface area contributed by atoms with E-state index >= 15 is 0 Å². The smallest absolute Gasteiger partial charge is 0.140 e.